The van der Waals surface area contributed by atoms with Crippen molar-refractivity contribution in [3.63, 3.8) is 0 Å². The Hall–Kier alpha value is -3.46. The minimum Gasteiger partial charge on any atom is -0.370 e. The average Bonchev–Trinajstić information content (AvgIpc) is 3.11. The number of aromatic nitrogens is 1. The smallest absolute Gasteiger partial charge is 0.277 e. The van der Waals surface area contributed by atoms with E-state index in [1.165, 1.54) is 18.6 Å². The van der Waals surface area contributed by atoms with Gasteiger partial charge in [-0.3, -0.25) is 4.79 Å². The maximum absolute atomic E-state index is 13.1. The summed E-state index contributed by atoms with van der Waals surface area (Å²) in [4.78, 5) is 23.9. The van der Waals surface area contributed by atoms with Crippen LogP contribution in [0.4, 0.5) is 5.82 Å². The maximum atomic E-state index is 13.1. The van der Waals surface area contributed by atoms with E-state index in [0.29, 0.717) is 24.1 Å². The Labute approximate surface area is 220 Å². The fourth-order valence-corrected chi connectivity index (χ4v) is 5.29. The third kappa shape index (κ3) is 7.29. The first-order chi connectivity index (χ1) is 17.4. The minimum absolute atomic E-state index is 0.201. The molecular formula is C28H37N5O3S. The summed E-state index contributed by atoms with van der Waals surface area (Å²) in [6, 6.07) is 11.4. The van der Waals surface area contributed by atoms with Crippen LogP contribution in [0.25, 0.3) is 0 Å². The van der Waals surface area contributed by atoms with E-state index in [4.69, 9.17) is 0 Å². The first kappa shape index (κ1) is 28.1. The van der Waals surface area contributed by atoms with Gasteiger partial charge in [-0.25, -0.2) is 14.7 Å². The molecule has 0 bridgehead atoms. The predicted octanol–water partition coefficient (Wildman–Crippen LogP) is 4.35. The number of nitrogens with zero attached hydrogens (tertiary/aromatic N) is 3. The third-order valence-electron chi connectivity index (χ3n) is 6.37. The van der Waals surface area contributed by atoms with Crippen LogP contribution in [-0.2, 0) is 16.4 Å². The van der Waals surface area contributed by atoms with Gasteiger partial charge >= 0.3 is 0 Å². The lowest BCUT2D eigenvalue weighted by Gasteiger charge is -2.33. The van der Waals surface area contributed by atoms with Crippen molar-refractivity contribution in [2.75, 3.05) is 18.0 Å². The van der Waals surface area contributed by atoms with E-state index in [1.54, 1.807) is 24.4 Å². The lowest BCUT2D eigenvalue weighted by atomic mass is 9.97. The molecule has 1 amide bonds. The SMILES string of the molecule is C=C/C=C(\N=C(/C)S(=O)(=O)NC(=O)c1cccnc1N1CC(C)CC1(C)C)NCCc1ccc(C)cc1. The summed E-state index contributed by atoms with van der Waals surface area (Å²) in [5, 5.41) is 2.90. The monoisotopic (exact) mass is 523 g/mol. The molecule has 1 fully saturated rings. The molecule has 1 unspecified atom stereocenters. The highest BCUT2D eigenvalue weighted by atomic mass is 32.2. The topological polar surface area (TPSA) is 104 Å². The van der Waals surface area contributed by atoms with Crippen molar-refractivity contribution in [1.82, 2.24) is 15.0 Å². The first-order valence-corrected chi connectivity index (χ1v) is 13.9. The Kier molecular flexibility index (Phi) is 8.91. The molecule has 1 aliphatic rings. The summed E-state index contributed by atoms with van der Waals surface area (Å²) in [5.41, 5.74) is 2.35. The molecular weight excluding hydrogens is 486 g/mol. The number of benzene rings is 1. The fourth-order valence-electron chi connectivity index (χ4n) is 4.57. The number of aryl methyl sites for hydroxylation is 1. The van der Waals surface area contributed by atoms with Crippen molar-refractivity contribution in [1.29, 1.82) is 0 Å². The van der Waals surface area contributed by atoms with Gasteiger partial charge in [0.15, 0.2) is 5.04 Å². The summed E-state index contributed by atoms with van der Waals surface area (Å²) in [5.74, 6) is 0.505. The van der Waals surface area contributed by atoms with Crippen molar-refractivity contribution < 1.29 is 13.2 Å². The van der Waals surface area contributed by atoms with Gasteiger partial charge in [-0.05, 0) is 70.2 Å². The van der Waals surface area contributed by atoms with Crippen molar-refractivity contribution >= 4 is 26.8 Å². The number of nitrogens with one attached hydrogen (secondary N) is 2. The lowest BCUT2D eigenvalue weighted by Crippen LogP contribution is -2.41. The maximum Gasteiger partial charge on any atom is 0.277 e. The van der Waals surface area contributed by atoms with Gasteiger partial charge in [0, 0.05) is 24.8 Å². The van der Waals surface area contributed by atoms with Gasteiger partial charge in [-0.15, -0.1) is 0 Å². The highest BCUT2D eigenvalue weighted by Crippen LogP contribution is 2.37. The highest BCUT2D eigenvalue weighted by molar-refractivity contribution is 8.05. The number of carbonyl (C=O) groups is 1. The van der Waals surface area contributed by atoms with E-state index in [0.717, 1.165) is 24.9 Å². The Balaban J connectivity index is 1.73. The number of hydrogen-bond acceptors (Lipinski definition) is 7. The van der Waals surface area contributed by atoms with Crippen LogP contribution in [-0.4, -0.2) is 43.0 Å². The summed E-state index contributed by atoms with van der Waals surface area (Å²) < 4.78 is 28.2. The second-order valence-corrected chi connectivity index (χ2v) is 11.9. The zero-order chi connectivity index (χ0) is 27.2. The van der Waals surface area contributed by atoms with E-state index in [1.807, 2.05) is 19.1 Å². The van der Waals surface area contributed by atoms with Crippen molar-refractivity contribution in [2.24, 2.45) is 10.9 Å². The van der Waals surface area contributed by atoms with Gasteiger partial charge < -0.3 is 10.2 Å². The second kappa shape index (κ2) is 11.7. The normalized spacial score (nSPS) is 18.0. The van der Waals surface area contributed by atoms with E-state index in [9.17, 15) is 13.2 Å². The second-order valence-electron chi connectivity index (χ2n) is 10.1. The third-order valence-corrected chi connectivity index (χ3v) is 7.69. The van der Waals surface area contributed by atoms with Crippen LogP contribution in [0.3, 0.4) is 0 Å². The van der Waals surface area contributed by atoms with Crippen molar-refractivity contribution in [2.45, 2.75) is 53.0 Å². The molecule has 0 aliphatic carbocycles. The predicted molar refractivity (Wildman–Crippen MR) is 150 cm³/mol. The van der Waals surface area contributed by atoms with Crippen LogP contribution in [0.5, 0.6) is 0 Å². The molecule has 198 valence electrons. The molecule has 1 atom stereocenters. The number of hydrogen-bond donors (Lipinski definition) is 2. The summed E-state index contributed by atoms with van der Waals surface area (Å²) in [6.45, 7) is 14.7. The number of pyridine rings is 1. The molecule has 0 radical (unpaired) electrons. The zero-order valence-corrected chi connectivity index (χ0v) is 23.1. The van der Waals surface area contributed by atoms with Crippen molar-refractivity contribution in [3.8, 4) is 0 Å². The van der Waals surface area contributed by atoms with E-state index >= 15 is 0 Å². The molecule has 37 heavy (non-hydrogen) atoms. The van der Waals surface area contributed by atoms with Gasteiger partial charge in [0.05, 0.1) is 5.56 Å². The molecule has 0 saturated carbocycles. The van der Waals surface area contributed by atoms with Crippen LogP contribution >= 0.6 is 0 Å². The van der Waals surface area contributed by atoms with Gasteiger partial charge in [-0.1, -0.05) is 49.4 Å². The number of allylic oxidation sites excluding steroid dienone is 2. The number of aliphatic imine (C=N–C) groups is 1. The zero-order valence-electron chi connectivity index (χ0n) is 22.3. The molecule has 2 heterocycles. The number of anilines is 1. The van der Waals surface area contributed by atoms with E-state index < -0.39 is 15.9 Å². The molecule has 1 aliphatic heterocycles. The van der Waals surface area contributed by atoms with Gasteiger partial charge in [0.1, 0.15) is 11.6 Å². The number of sulfonamides is 1. The molecule has 1 saturated heterocycles. The minimum atomic E-state index is -4.19. The Bertz CT molecular complexity index is 1300. The Morgan fingerprint density at radius 3 is 2.59 bits per heavy atom. The van der Waals surface area contributed by atoms with E-state index in [2.05, 4.69) is 64.4 Å². The molecule has 9 heteroatoms. The Morgan fingerprint density at radius 1 is 1.27 bits per heavy atom. The number of carbonyl (C=O) groups excluding carboxylic acids is 1. The summed E-state index contributed by atoms with van der Waals surface area (Å²) >= 11 is 0. The summed E-state index contributed by atoms with van der Waals surface area (Å²) in [7, 11) is -4.19. The van der Waals surface area contributed by atoms with Gasteiger partial charge in [0.2, 0.25) is 0 Å². The van der Waals surface area contributed by atoms with E-state index in [-0.39, 0.29) is 16.1 Å². The first-order valence-electron chi connectivity index (χ1n) is 12.4. The fraction of sp³-hybridized carbons (Fsp3) is 0.393. The quantitative estimate of drug-likeness (QED) is 0.303. The standard InChI is InChI=1S/C28H37N5O3S/c1-7-9-25(29-17-15-23-13-11-20(2)12-14-23)31-22(4)37(35,36)32-27(34)24-10-8-16-30-26(24)33-19-21(3)18-28(33,5)6/h7-14,16,21,29H,1,15,17-19H2,2-6H3,(H,32,34)/b25-9-,31-22+. The highest BCUT2D eigenvalue weighted by Gasteiger charge is 2.39. The van der Waals surface area contributed by atoms with Gasteiger partial charge in [0.25, 0.3) is 15.9 Å². The lowest BCUT2D eigenvalue weighted by molar-refractivity contribution is 0.0982. The van der Waals surface area contributed by atoms with Crippen LogP contribution in [0.1, 0.15) is 55.6 Å². The van der Waals surface area contributed by atoms with Crippen LogP contribution in [0.2, 0.25) is 0 Å². The molecule has 2 N–H and O–H groups in total. The number of rotatable bonds is 8. The number of amides is 1. The molecule has 3 rings (SSSR count). The Morgan fingerprint density at radius 2 is 1.97 bits per heavy atom. The summed E-state index contributed by atoms with van der Waals surface area (Å²) in [6.07, 6.45) is 6.41. The van der Waals surface area contributed by atoms with Crippen LogP contribution in [0, 0.1) is 12.8 Å². The molecule has 8 nitrogen and oxygen atoms in total. The van der Waals surface area contributed by atoms with Gasteiger partial charge in [-0.2, -0.15) is 8.42 Å². The average molecular weight is 524 g/mol. The molecule has 0 spiro atoms. The van der Waals surface area contributed by atoms with Crippen LogP contribution in [0.15, 0.2) is 72.1 Å². The molecule has 1 aromatic heterocycles. The molecule has 1 aromatic carbocycles. The largest absolute Gasteiger partial charge is 0.370 e. The molecule has 2 aromatic rings. The van der Waals surface area contributed by atoms with Crippen LogP contribution < -0.4 is 14.9 Å². The van der Waals surface area contributed by atoms with Crippen molar-refractivity contribution in [3.05, 3.63) is 83.8 Å².